The molecule has 0 saturated heterocycles. The molecule has 4 rings (SSSR count). The van der Waals surface area contributed by atoms with Crippen molar-refractivity contribution in [3.8, 4) is 22.1 Å². The quantitative estimate of drug-likeness (QED) is 0.673. The molecule has 1 aliphatic rings. The number of fused-ring (bicyclic) bond motifs is 1. The Morgan fingerprint density at radius 2 is 2.11 bits per heavy atom. The van der Waals surface area contributed by atoms with Gasteiger partial charge in [0.1, 0.15) is 24.0 Å². The largest absolute Gasteiger partial charge is 0.486 e. The summed E-state index contributed by atoms with van der Waals surface area (Å²) in [5.41, 5.74) is 2.16. The SMILES string of the molecule is O=C(Cc1csc(-c2cccc(F)c2)n1)NCc1cc(Cl)c2c(c1)OCCO2. The van der Waals surface area contributed by atoms with Crippen LogP contribution in [0.3, 0.4) is 0 Å². The van der Waals surface area contributed by atoms with Crippen LogP contribution in [0.5, 0.6) is 11.5 Å². The maximum atomic E-state index is 13.4. The highest BCUT2D eigenvalue weighted by Gasteiger charge is 2.17. The molecule has 1 amide bonds. The lowest BCUT2D eigenvalue weighted by molar-refractivity contribution is -0.120. The Bertz CT molecular complexity index is 1020. The number of rotatable bonds is 5. The molecule has 0 radical (unpaired) electrons. The van der Waals surface area contributed by atoms with Gasteiger partial charge in [-0.2, -0.15) is 0 Å². The van der Waals surface area contributed by atoms with Crippen molar-refractivity contribution in [2.75, 3.05) is 13.2 Å². The van der Waals surface area contributed by atoms with E-state index in [1.165, 1.54) is 23.5 Å². The second kappa shape index (κ2) is 8.16. The molecule has 28 heavy (non-hydrogen) atoms. The first-order valence-corrected chi connectivity index (χ1v) is 9.89. The van der Waals surface area contributed by atoms with Gasteiger partial charge in [-0.25, -0.2) is 9.37 Å². The number of nitrogens with one attached hydrogen (secondary N) is 1. The lowest BCUT2D eigenvalue weighted by atomic mass is 10.2. The van der Waals surface area contributed by atoms with Crippen LogP contribution in [-0.4, -0.2) is 24.1 Å². The molecule has 1 N–H and O–H groups in total. The molecule has 0 aliphatic carbocycles. The zero-order valence-electron chi connectivity index (χ0n) is 14.7. The van der Waals surface area contributed by atoms with Crippen molar-refractivity contribution in [1.29, 1.82) is 0 Å². The number of aromatic nitrogens is 1. The Morgan fingerprint density at radius 1 is 1.25 bits per heavy atom. The molecule has 0 saturated carbocycles. The minimum absolute atomic E-state index is 0.143. The van der Waals surface area contributed by atoms with Crippen LogP contribution in [0.4, 0.5) is 4.39 Å². The van der Waals surface area contributed by atoms with Crippen molar-refractivity contribution in [1.82, 2.24) is 10.3 Å². The fraction of sp³-hybridized carbons (Fsp3) is 0.200. The number of benzene rings is 2. The monoisotopic (exact) mass is 418 g/mol. The molecule has 1 aromatic heterocycles. The molecule has 2 aromatic carbocycles. The molecule has 3 aromatic rings. The maximum absolute atomic E-state index is 13.4. The first-order chi connectivity index (χ1) is 13.6. The fourth-order valence-electron chi connectivity index (χ4n) is 2.84. The van der Waals surface area contributed by atoms with Gasteiger partial charge >= 0.3 is 0 Å². The van der Waals surface area contributed by atoms with Crippen LogP contribution in [0.15, 0.2) is 41.8 Å². The second-order valence-corrected chi connectivity index (χ2v) is 7.47. The number of carbonyl (C=O) groups is 1. The normalized spacial score (nSPS) is 12.6. The van der Waals surface area contributed by atoms with Crippen molar-refractivity contribution in [2.45, 2.75) is 13.0 Å². The van der Waals surface area contributed by atoms with Crippen LogP contribution in [-0.2, 0) is 17.8 Å². The first-order valence-electron chi connectivity index (χ1n) is 8.63. The average Bonchev–Trinajstić information content (AvgIpc) is 3.15. The summed E-state index contributed by atoms with van der Waals surface area (Å²) in [4.78, 5) is 16.7. The first kappa shape index (κ1) is 18.7. The van der Waals surface area contributed by atoms with E-state index in [2.05, 4.69) is 10.3 Å². The molecule has 0 spiro atoms. The van der Waals surface area contributed by atoms with E-state index in [0.29, 0.717) is 52.5 Å². The van der Waals surface area contributed by atoms with Gasteiger partial charge in [-0.1, -0.05) is 23.7 Å². The van der Waals surface area contributed by atoms with Gasteiger partial charge in [-0.15, -0.1) is 11.3 Å². The number of nitrogens with zero attached hydrogens (tertiary/aromatic N) is 1. The van der Waals surface area contributed by atoms with Crippen molar-refractivity contribution in [3.63, 3.8) is 0 Å². The number of hydrogen-bond acceptors (Lipinski definition) is 5. The smallest absolute Gasteiger partial charge is 0.226 e. The molecular weight excluding hydrogens is 403 g/mol. The Hall–Kier alpha value is -2.64. The molecule has 144 valence electrons. The Labute approximate surface area is 170 Å². The molecule has 0 bridgehead atoms. The Morgan fingerprint density at radius 3 is 2.96 bits per heavy atom. The lowest BCUT2D eigenvalue weighted by Gasteiger charge is -2.20. The van der Waals surface area contributed by atoms with E-state index >= 15 is 0 Å². The highest BCUT2D eigenvalue weighted by molar-refractivity contribution is 7.13. The number of ether oxygens (including phenoxy) is 2. The minimum Gasteiger partial charge on any atom is -0.486 e. The van der Waals surface area contributed by atoms with Crippen molar-refractivity contribution >= 4 is 28.8 Å². The highest BCUT2D eigenvalue weighted by Crippen LogP contribution is 2.38. The van der Waals surface area contributed by atoms with Gasteiger partial charge < -0.3 is 14.8 Å². The van der Waals surface area contributed by atoms with Gasteiger partial charge in [-0.05, 0) is 29.8 Å². The van der Waals surface area contributed by atoms with Gasteiger partial charge in [0, 0.05) is 17.5 Å². The van der Waals surface area contributed by atoms with Crippen molar-refractivity contribution < 1.29 is 18.7 Å². The van der Waals surface area contributed by atoms with E-state index in [-0.39, 0.29) is 18.1 Å². The maximum Gasteiger partial charge on any atom is 0.226 e. The summed E-state index contributed by atoms with van der Waals surface area (Å²) < 4.78 is 24.4. The van der Waals surface area contributed by atoms with E-state index in [0.717, 1.165) is 5.56 Å². The molecule has 5 nitrogen and oxygen atoms in total. The van der Waals surface area contributed by atoms with Crippen LogP contribution in [0.2, 0.25) is 5.02 Å². The third kappa shape index (κ3) is 4.26. The molecule has 1 aliphatic heterocycles. The van der Waals surface area contributed by atoms with E-state index < -0.39 is 0 Å². The van der Waals surface area contributed by atoms with E-state index in [1.54, 1.807) is 23.6 Å². The topological polar surface area (TPSA) is 60.5 Å². The number of carbonyl (C=O) groups excluding carboxylic acids is 1. The summed E-state index contributed by atoms with van der Waals surface area (Å²) in [7, 11) is 0. The summed E-state index contributed by atoms with van der Waals surface area (Å²) in [6, 6.07) is 9.80. The van der Waals surface area contributed by atoms with Crippen molar-refractivity contribution in [3.05, 3.63) is 63.9 Å². The van der Waals surface area contributed by atoms with Gasteiger partial charge in [0.2, 0.25) is 5.91 Å². The second-order valence-electron chi connectivity index (χ2n) is 6.21. The van der Waals surface area contributed by atoms with Gasteiger partial charge in [0.15, 0.2) is 11.5 Å². The zero-order valence-corrected chi connectivity index (χ0v) is 16.3. The summed E-state index contributed by atoms with van der Waals surface area (Å²) in [5, 5.41) is 5.80. The fourth-order valence-corrected chi connectivity index (χ4v) is 3.94. The van der Waals surface area contributed by atoms with E-state index in [1.807, 2.05) is 6.07 Å². The molecule has 8 heteroatoms. The Kier molecular flexibility index (Phi) is 5.45. The zero-order chi connectivity index (χ0) is 19.5. The van der Waals surface area contributed by atoms with Crippen LogP contribution < -0.4 is 14.8 Å². The van der Waals surface area contributed by atoms with Gasteiger partial charge in [-0.3, -0.25) is 4.79 Å². The standard InChI is InChI=1S/C20H16ClFN2O3S/c21-16-6-12(7-17-19(16)27-5-4-26-17)10-23-18(25)9-15-11-28-20(24-15)13-2-1-3-14(22)8-13/h1-3,6-8,11H,4-5,9-10H2,(H,23,25). The average molecular weight is 419 g/mol. The number of amides is 1. The number of hydrogen-bond donors (Lipinski definition) is 1. The molecule has 0 fully saturated rings. The third-order valence-corrected chi connectivity index (χ3v) is 5.33. The number of thiazole rings is 1. The predicted octanol–water partition coefficient (Wildman–Crippen LogP) is 4.23. The summed E-state index contributed by atoms with van der Waals surface area (Å²) in [6.45, 7) is 1.25. The summed E-state index contributed by atoms with van der Waals surface area (Å²) >= 11 is 7.59. The van der Waals surface area contributed by atoms with Gasteiger partial charge in [0.25, 0.3) is 0 Å². The van der Waals surface area contributed by atoms with Crippen LogP contribution in [0, 0.1) is 5.82 Å². The Balaban J connectivity index is 1.37. The third-order valence-electron chi connectivity index (χ3n) is 4.11. The molecule has 0 unspecified atom stereocenters. The van der Waals surface area contributed by atoms with Gasteiger partial charge in [0.05, 0.1) is 17.1 Å². The van der Waals surface area contributed by atoms with Crippen LogP contribution >= 0.6 is 22.9 Å². The minimum atomic E-state index is -0.315. The predicted molar refractivity (Wildman–Crippen MR) is 106 cm³/mol. The molecule has 2 heterocycles. The van der Waals surface area contributed by atoms with Crippen LogP contribution in [0.25, 0.3) is 10.6 Å². The summed E-state index contributed by atoms with van der Waals surface area (Å²) in [6.07, 6.45) is 0.143. The van der Waals surface area contributed by atoms with E-state index in [4.69, 9.17) is 21.1 Å². The highest BCUT2D eigenvalue weighted by atomic mass is 35.5. The summed E-state index contributed by atoms with van der Waals surface area (Å²) in [5.74, 6) is 0.643. The van der Waals surface area contributed by atoms with Crippen LogP contribution in [0.1, 0.15) is 11.3 Å². The number of halogens is 2. The molecular formula is C20H16ClFN2O3S. The molecule has 0 atom stereocenters. The van der Waals surface area contributed by atoms with E-state index in [9.17, 15) is 9.18 Å². The van der Waals surface area contributed by atoms with Crippen molar-refractivity contribution in [2.24, 2.45) is 0 Å². The lowest BCUT2D eigenvalue weighted by Crippen LogP contribution is -2.25.